The molecule has 9 nitrogen and oxygen atoms in total. The molecule has 1 aliphatic rings. The van der Waals surface area contributed by atoms with Crippen LogP contribution < -0.4 is 20.5 Å². The molecule has 0 bridgehead atoms. The minimum atomic E-state index is -2.28. The van der Waals surface area contributed by atoms with Crippen molar-refractivity contribution in [1.29, 1.82) is 0 Å². The van der Waals surface area contributed by atoms with Crippen LogP contribution in [-0.2, 0) is 19.1 Å². The normalized spacial score (nSPS) is 19.6. The van der Waals surface area contributed by atoms with Gasteiger partial charge in [0.2, 0.25) is 0 Å². The van der Waals surface area contributed by atoms with E-state index in [1.165, 1.54) is 0 Å². The van der Waals surface area contributed by atoms with Crippen LogP contribution in [0, 0.1) is 0 Å². The Bertz CT molecular complexity index is 1920. The molecule has 0 radical (unpaired) electrons. The topological polar surface area (TPSA) is 93.1 Å². The quantitative estimate of drug-likeness (QED) is 0.0768. The summed E-state index contributed by atoms with van der Waals surface area (Å²) in [6.45, 7) is 26.8. The third-order valence-electron chi connectivity index (χ3n) is 12.1. The lowest BCUT2D eigenvalue weighted by Crippen LogP contribution is -2.54. The van der Waals surface area contributed by atoms with Crippen LogP contribution in [0.25, 0.3) is 0 Å². The SMILES string of the molecule is C=C[C@]1(CO[Si](C)(C)C(C)(C)C)O[C@@H](n2ccc(NC(c3ccccc3)(c3ccc(OC)cc3)c3ccc(OC)cc3)nc2=O)C[C@@H]1O[Si](C)(C)C(C)(C)C. The fourth-order valence-electron chi connectivity index (χ4n) is 6.47. The van der Waals surface area contributed by atoms with Gasteiger partial charge in [-0.15, -0.1) is 6.58 Å². The molecule has 296 valence electrons. The van der Waals surface area contributed by atoms with Crippen LogP contribution in [0.5, 0.6) is 11.5 Å². The predicted molar refractivity (Wildman–Crippen MR) is 227 cm³/mol. The van der Waals surface area contributed by atoms with Gasteiger partial charge < -0.3 is 28.4 Å². The molecular formula is C44H61N3O6Si2. The minimum absolute atomic E-state index is 0.000549. The summed E-state index contributed by atoms with van der Waals surface area (Å²) in [7, 11) is -1.15. The van der Waals surface area contributed by atoms with E-state index in [1.54, 1.807) is 25.0 Å². The molecule has 0 saturated carbocycles. The third kappa shape index (κ3) is 8.56. The smallest absolute Gasteiger partial charge is 0.351 e. The number of hydrogen-bond acceptors (Lipinski definition) is 8. The maximum absolute atomic E-state index is 14.2. The zero-order valence-electron chi connectivity index (χ0n) is 34.9. The average Bonchev–Trinajstić information content (AvgIpc) is 3.49. The van der Waals surface area contributed by atoms with Crippen molar-refractivity contribution in [1.82, 2.24) is 9.55 Å². The zero-order chi connectivity index (χ0) is 40.5. The lowest BCUT2D eigenvalue weighted by Gasteiger charge is -2.44. The standard InChI is InChI=1S/C44H61N3O6Si2/c1-14-43(31-51-54(10,11)41(2,3)4)37(53-55(12,13)42(5,6)7)30-39(52-43)47-29-28-38(45-40(47)48)46-44(32-18-16-15-17-19-32,33-20-24-35(49-8)25-21-33)34-22-26-36(50-9)27-23-34/h14-29,37,39H,1,30-31H2,2-13H3,(H,45,46,48)/t37-,39+,43+/m0/s1. The molecule has 3 atom stereocenters. The van der Waals surface area contributed by atoms with Crippen LogP contribution in [0.15, 0.2) is 109 Å². The van der Waals surface area contributed by atoms with Gasteiger partial charge in [0.05, 0.1) is 26.9 Å². The molecule has 1 fully saturated rings. The van der Waals surface area contributed by atoms with Crippen molar-refractivity contribution in [3.8, 4) is 11.5 Å². The molecule has 4 aromatic rings. The minimum Gasteiger partial charge on any atom is -0.497 e. The van der Waals surface area contributed by atoms with Crippen LogP contribution in [0.4, 0.5) is 5.82 Å². The van der Waals surface area contributed by atoms with Crippen LogP contribution in [0.2, 0.25) is 36.3 Å². The first-order valence-electron chi connectivity index (χ1n) is 19.1. The summed E-state index contributed by atoms with van der Waals surface area (Å²) in [4.78, 5) is 18.9. The fraction of sp³-hybridized carbons (Fsp3) is 0.455. The van der Waals surface area contributed by atoms with Crippen molar-refractivity contribution in [3.05, 3.63) is 131 Å². The second kappa shape index (κ2) is 15.9. The largest absolute Gasteiger partial charge is 0.497 e. The molecule has 0 spiro atoms. The predicted octanol–water partition coefficient (Wildman–Crippen LogP) is 9.92. The maximum Gasteiger partial charge on any atom is 0.351 e. The number of benzene rings is 3. The number of nitrogens with zero attached hydrogens (tertiary/aromatic N) is 2. The molecule has 55 heavy (non-hydrogen) atoms. The van der Waals surface area contributed by atoms with E-state index in [2.05, 4.69) is 96.7 Å². The fourth-order valence-corrected chi connectivity index (χ4v) is 8.85. The van der Waals surface area contributed by atoms with Crippen LogP contribution in [0.1, 0.15) is 70.9 Å². The lowest BCUT2D eigenvalue weighted by molar-refractivity contribution is -0.0920. The van der Waals surface area contributed by atoms with Gasteiger partial charge in [-0.25, -0.2) is 4.79 Å². The number of aromatic nitrogens is 2. The summed E-state index contributed by atoms with van der Waals surface area (Å²) < 4.78 is 33.4. The number of methoxy groups -OCH3 is 2. The van der Waals surface area contributed by atoms with Gasteiger partial charge >= 0.3 is 5.69 Å². The summed E-state index contributed by atoms with van der Waals surface area (Å²) in [5, 5.41) is 3.67. The van der Waals surface area contributed by atoms with Gasteiger partial charge in [0.25, 0.3) is 0 Å². The summed E-state index contributed by atoms with van der Waals surface area (Å²) in [5.74, 6) is 1.87. The molecule has 11 heteroatoms. The van der Waals surface area contributed by atoms with Crippen LogP contribution >= 0.6 is 0 Å². The van der Waals surface area contributed by atoms with Gasteiger partial charge in [0, 0.05) is 12.6 Å². The Hall–Kier alpha value is -4.01. The van der Waals surface area contributed by atoms with Gasteiger partial charge in [-0.05, 0) is 83.3 Å². The second-order valence-corrected chi connectivity index (χ2v) is 27.1. The molecule has 1 aromatic heterocycles. The lowest BCUT2D eigenvalue weighted by atomic mass is 9.77. The van der Waals surface area contributed by atoms with Crippen molar-refractivity contribution < 1.29 is 23.1 Å². The Morgan fingerprint density at radius 3 is 1.78 bits per heavy atom. The Morgan fingerprint density at radius 1 is 0.818 bits per heavy atom. The Labute approximate surface area is 330 Å². The van der Waals surface area contributed by atoms with Crippen molar-refractivity contribution in [2.75, 3.05) is 26.1 Å². The van der Waals surface area contributed by atoms with E-state index in [0.717, 1.165) is 28.2 Å². The molecule has 1 saturated heterocycles. The molecule has 5 rings (SSSR count). The molecule has 1 N–H and O–H groups in total. The summed E-state index contributed by atoms with van der Waals surface area (Å²) in [6.07, 6.45) is 3.01. The average molecular weight is 784 g/mol. The molecule has 2 heterocycles. The Morgan fingerprint density at radius 2 is 1.33 bits per heavy atom. The molecule has 0 unspecified atom stereocenters. The van der Waals surface area contributed by atoms with E-state index in [4.69, 9.17) is 23.1 Å². The highest BCUT2D eigenvalue weighted by Gasteiger charge is 2.54. The van der Waals surface area contributed by atoms with Gasteiger partial charge in [-0.3, -0.25) is 4.57 Å². The van der Waals surface area contributed by atoms with Gasteiger partial charge in [0.1, 0.15) is 34.7 Å². The van der Waals surface area contributed by atoms with Crippen molar-refractivity contribution in [2.24, 2.45) is 0 Å². The molecule has 0 aliphatic carbocycles. The molecule has 1 aliphatic heterocycles. The Balaban J connectivity index is 1.57. The summed E-state index contributed by atoms with van der Waals surface area (Å²) in [6, 6.07) is 27.8. The van der Waals surface area contributed by atoms with Crippen molar-refractivity contribution in [2.45, 2.75) is 108 Å². The van der Waals surface area contributed by atoms with Crippen molar-refractivity contribution in [3.63, 3.8) is 0 Å². The number of ether oxygens (including phenoxy) is 3. The van der Waals surface area contributed by atoms with E-state index in [1.807, 2.05) is 78.9 Å². The molecule has 0 amide bonds. The van der Waals surface area contributed by atoms with E-state index in [9.17, 15) is 4.79 Å². The van der Waals surface area contributed by atoms with Crippen LogP contribution in [0.3, 0.4) is 0 Å². The van der Waals surface area contributed by atoms with E-state index in [0.29, 0.717) is 12.2 Å². The highest BCUT2D eigenvalue weighted by molar-refractivity contribution is 6.74. The second-order valence-electron chi connectivity index (χ2n) is 17.6. The van der Waals surface area contributed by atoms with Gasteiger partial charge in [-0.1, -0.05) is 102 Å². The first kappa shape index (κ1) is 42.1. The van der Waals surface area contributed by atoms with E-state index < -0.39 is 39.7 Å². The molecule has 3 aromatic carbocycles. The van der Waals surface area contributed by atoms with Gasteiger partial charge in [0.15, 0.2) is 16.6 Å². The number of hydrogen-bond donors (Lipinski definition) is 1. The van der Waals surface area contributed by atoms with Gasteiger partial charge in [-0.2, -0.15) is 4.98 Å². The molecular weight excluding hydrogens is 723 g/mol. The number of rotatable bonds is 14. The Kier molecular flexibility index (Phi) is 12.2. The summed E-state index contributed by atoms with van der Waals surface area (Å²) >= 11 is 0. The first-order valence-corrected chi connectivity index (χ1v) is 24.9. The van der Waals surface area contributed by atoms with Crippen LogP contribution in [-0.4, -0.2) is 58.7 Å². The van der Waals surface area contributed by atoms with E-state index in [-0.39, 0.29) is 22.8 Å². The monoisotopic (exact) mass is 783 g/mol. The zero-order valence-corrected chi connectivity index (χ0v) is 36.9. The van der Waals surface area contributed by atoms with Crippen molar-refractivity contribution >= 4 is 22.5 Å². The summed E-state index contributed by atoms with van der Waals surface area (Å²) in [5.41, 5.74) is 0.459. The highest BCUT2D eigenvalue weighted by atomic mass is 28.4. The first-order chi connectivity index (χ1) is 25.7. The third-order valence-corrected chi connectivity index (χ3v) is 21.0. The number of nitrogens with one attached hydrogen (secondary N) is 1. The number of anilines is 1. The highest BCUT2D eigenvalue weighted by Crippen LogP contribution is 2.47. The maximum atomic E-state index is 14.2. The van der Waals surface area contributed by atoms with E-state index >= 15 is 0 Å².